The molecule has 4 heteroatoms. The number of nitrogens with one attached hydrogen (secondary N) is 1. The van der Waals surface area contributed by atoms with Crippen LogP contribution in [0.1, 0.15) is 24.5 Å². The Balaban J connectivity index is 1.82. The zero-order valence-corrected chi connectivity index (χ0v) is 10.8. The van der Waals surface area contributed by atoms with Gasteiger partial charge in [-0.2, -0.15) is 0 Å². The molecule has 18 heavy (non-hydrogen) atoms. The van der Waals surface area contributed by atoms with Crippen molar-refractivity contribution in [2.75, 3.05) is 26.8 Å². The average Bonchev–Trinajstić information content (AvgIpc) is 3.19. The lowest BCUT2D eigenvalue weighted by molar-refractivity contribution is 0.161. The van der Waals surface area contributed by atoms with Crippen molar-refractivity contribution in [3.8, 4) is 5.75 Å². The highest BCUT2D eigenvalue weighted by atomic mass is 16.5. The molecule has 2 N–H and O–H groups in total. The molecule has 1 fully saturated rings. The van der Waals surface area contributed by atoms with Gasteiger partial charge in [0.1, 0.15) is 5.75 Å². The van der Waals surface area contributed by atoms with E-state index in [4.69, 9.17) is 9.47 Å². The predicted octanol–water partition coefficient (Wildman–Crippen LogP) is 1.50. The van der Waals surface area contributed by atoms with Gasteiger partial charge in [0.05, 0.1) is 18.8 Å². The van der Waals surface area contributed by atoms with E-state index in [-0.39, 0.29) is 0 Å². The summed E-state index contributed by atoms with van der Waals surface area (Å²) in [5.41, 5.74) is 0.887. The summed E-state index contributed by atoms with van der Waals surface area (Å²) in [5, 5.41) is 13.2. The van der Waals surface area contributed by atoms with Crippen molar-refractivity contribution in [2.24, 2.45) is 0 Å². The second kappa shape index (κ2) is 6.73. The molecule has 0 radical (unpaired) electrons. The molecule has 1 aromatic rings. The van der Waals surface area contributed by atoms with Crippen molar-refractivity contribution in [2.45, 2.75) is 25.0 Å². The molecule has 0 saturated heterocycles. The molecular formula is C14H21NO3. The number of methoxy groups -OCH3 is 1. The zero-order valence-electron chi connectivity index (χ0n) is 10.8. The Morgan fingerprint density at radius 3 is 3.00 bits per heavy atom. The number of ether oxygens (including phenoxy) is 2. The number of hydrogen-bond acceptors (Lipinski definition) is 4. The van der Waals surface area contributed by atoms with Crippen LogP contribution in [0, 0.1) is 0 Å². The monoisotopic (exact) mass is 251 g/mol. The van der Waals surface area contributed by atoms with Crippen LogP contribution in [0.2, 0.25) is 0 Å². The minimum Gasteiger partial charge on any atom is -0.490 e. The summed E-state index contributed by atoms with van der Waals surface area (Å²) in [4.78, 5) is 0. The molecule has 1 saturated carbocycles. The highest BCUT2D eigenvalue weighted by Gasteiger charge is 2.23. The Hall–Kier alpha value is -1.10. The zero-order chi connectivity index (χ0) is 12.8. The third-order valence-corrected chi connectivity index (χ3v) is 2.89. The normalized spacial score (nSPS) is 16.6. The fraction of sp³-hybridized carbons (Fsp3) is 0.571. The molecule has 1 aliphatic rings. The lowest BCUT2D eigenvalue weighted by Gasteiger charge is -2.13. The molecule has 1 aromatic carbocycles. The van der Waals surface area contributed by atoms with Crippen LogP contribution in [0.25, 0.3) is 0 Å². The highest BCUT2D eigenvalue weighted by molar-refractivity contribution is 5.30. The SMILES string of the molecule is COCCNCC(O)c1cccc(OC2CC2)c1. The maximum absolute atomic E-state index is 10.0. The Bertz CT molecular complexity index is 366. The van der Waals surface area contributed by atoms with E-state index in [0.717, 1.165) is 30.7 Å². The number of aliphatic hydroxyl groups excluding tert-OH is 1. The van der Waals surface area contributed by atoms with Crippen LogP contribution in [0.4, 0.5) is 0 Å². The fourth-order valence-electron chi connectivity index (χ4n) is 1.70. The lowest BCUT2D eigenvalue weighted by atomic mass is 10.1. The number of hydrogen-bond donors (Lipinski definition) is 2. The molecule has 1 aliphatic carbocycles. The first-order valence-corrected chi connectivity index (χ1v) is 6.44. The first-order chi connectivity index (χ1) is 8.79. The van der Waals surface area contributed by atoms with Gasteiger partial charge in [0.25, 0.3) is 0 Å². The highest BCUT2D eigenvalue weighted by Crippen LogP contribution is 2.28. The fourth-order valence-corrected chi connectivity index (χ4v) is 1.70. The molecule has 0 spiro atoms. The van der Waals surface area contributed by atoms with E-state index in [1.165, 1.54) is 0 Å². The van der Waals surface area contributed by atoms with Crippen molar-refractivity contribution >= 4 is 0 Å². The van der Waals surface area contributed by atoms with E-state index < -0.39 is 6.10 Å². The number of aliphatic hydroxyl groups is 1. The molecule has 0 aromatic heterocycles. The number of rotatable bonds is 8. The molecule has 0 bridgehead atoms. The van der Waals surface area contributed by atoms with Crippen molar-refractivity contribution in [1.82, 2.24) is 5.32 Å². The lowest BCUT2D eigenvalue weighted by Crippen LogP contribution is -2.25. The van der Waals surface area contributed by atoms with E-state index in [2.05, 4.69) is 5.32 Å². The van der Waals surface area contributed by atoms with E-state index in [9.17, 15) is 5.11 Å². The van der Waals surface area contributed by atoms with Gasteiger partial charge in [0.2, 0.25) is 0 Å². The standard InChI is InChI=1S/C14H21NO3/c1-17-8-7-15-10-14(16)11-3-2-4-13(9-11)18-12-5-6-12/h2-4,9,12,14-16H,5-8,10H2,1H3. The van der Waals surface area contributed by atoms with Crippen LogP contribution in [-0.4, -0.2) is 38.0 Å². The Labute approximate surface area is 108 Å². The maximum atomic E-state index is 10.0. The largest absolute Gasteiger partial charge is 0.490 e. The van der Waals surface area contributed by atoms with Gasteiger partial charge in [-0.3, -0.25) is 0 Å². The summed E-state index contributed by atoms with van der Waals surface area (Å²) in [7, 11) is 1.66. The minimum absolute atomic E-state index is 0.386. The molecule has 2 rings (SSSR count). The van der Waals surface area contributed by atoms with Crippen molar-refractivity contribution in [3.63, 3.8) is 0 Å². The van der Waals surface area contributed by atoms with Gasteiger partial charge >= 0.3 is 0 Å². The summed E-state index contributed by atoms with van der Waals surface area (Å²) in [6.07, 6.45) is 2.17. The van der Waals surface area contributed by atoms with Crippen LogP contribution in [-0.2, 0) is 4.74 Å². The van der Waals surface area contributed by atoms with Gasteiger partial charge in [-0.05, 0) is 30.5 Å². The Kier molecular flexibility index (Phi) is 4.99. The Morgan fingerprint density at radius 1 is 1.44 bits per heavy atom. The molecule has 100 valence electrons. The van der Waals surface area contributed by atoms with Gasteiger partial charge in [0, 0.05) is 20.2 Å². The molecule has 0 aliphatic heterocycles. The Morgan fingerprint density at radius 2 is 2.28 bits per heavy atom. The van der Waals surface area contributed by atoms with Gasteiger partial charge in [-0.25, -0.2) is 0 Å². The van der Waals surface area contributed by atoms with Gasteiger partial charge < -0.3 is 19.9 Å². The predicted molar refractivity (Wildman–Crippen MR) is 69.8 cm³/mol. The van der Waals surface area contributed by atoms with Crippen LogP contribution < -0.4 is 10.1 Å². The second-order valence-electron chi connectivity index (χ2n) is 4.60. The first-order valence-electron chi connectivity index (χ1n) is 6.44. The van der Waals surface area contributed by atoms with Crippen LogP contribution in [0.3, 0.4) is 0 Å². The van der Waals surface area contributed by atoms with E-state index in [1.54, 1.807) is 7.11 Å². The average molecular weight is 251 g/mol. The summed E-state index contributed by atoms with van der Waals surface area (Å²) >= 11 is 0. The van der Waals surface area contributed by atoms with Gasteiger partial charge in [-0.15, -0.1) is 0 Å². The molecule has 1 atom stereocenters. The van der Waals surface area contributed by atoms with Crippen LogP contribution in [0.5, 0.6) is 5.75 Å². The van der Waals surface area contributed by atoms with Crippen molar-refractivity contribution in [1.29, 1.82) is 0 Å². The van der Waals surface area contributed by atoms with Crippen LogP contribution in [0.15, 0.2) is 24.3 Å². The number of benzene rings is 1. The minimum atomic E-state index is -0.510. The van der Waals surface area contributed by atoms with E-state index in [1.807, 2.05) is 24.3 Å². The molecule has 4 nitrogen and oxygen atoms in total. The quantitative estimate of drug-likeness (QED) is 0.687. The summed E-state index contributed by atoms with van der Waals surface area (Å²) in [5.74, 6) is 0.853. The second-order valence-corrected chi connectivity index (χ2v) is 4.60. The summed E-state index contributed by atoms with van der Waals surface area (Å²) in [6, 6.07) is 7.70. The maximum Gasteiger partial charge on any atom is 0.120 e. The molecular weight excluding hydrogens is 230 g/mol. The topological polar surface area (TPSA) is 50.7 Å². The summed E-state index contributed by atoms with van der Waals surface area (Å²) in [6.45, 7) is 1.92. The van der Waals surface area contributed by atoms with Gasteiger partial charge in [-0.1, -0.05) is 12.1 Å². The van der Waals surface area contributed by atoms with Crippen LogP contribution >= 0.6 is 0 Å². The molecule has 0 amide bonds. The van der Waals surface area contributed by atoms with Crippen molar-refractivity contribution < 1.29 is 14.6 Å². The smallest absolute Gasteiger partial charge is 0.120 e. The third kappa shape index (κ3) is 4.29. The third-order valence-electron chi connectivity index (χ3n) is 2.89. The van der Waals surface area contributed by atoms with E-state index in [0.29, 0.717) is 19.3 Å². The van der Waals surface area contributed by atoms with E-state index >= 15 is 0 Å². The first kappa shape index (κ1) is 13.3. The molecule has 0 heterocycles. The van der Waals surface area contributed by atoms with Gasteiger partial charge in [0.15, 0.2) is 0 Å². The molecule has 1 unspecified atom stereocenters. The van der Waals surface area contributed by atoms with Crippen molar-refractivity contribution in [3.05, 3.63) is 29.8 Å². The summed E-state index contributed by atoms with van der Waals surface area (Å²) < 4.78 is 10.6.